The number of nitrogens with zero attached hydrogens (tertiary/aromatic N) is 3. The SMILES string of the molecule is CCc1cccnc1-c1noc(CNCC(F)(F)F)n1. The number of pyridine rings is 1. The number of alkyl halides is 3. The summed E-state index contributed by atoms with van der Waals surface area (Å²) in [6.45, 7) is 0.724. The molecule has 8 heteroatoms. The largest absolute Gasteiger partial charge is 0.401 e. The maximum atomic E-state index is 12.0. The molecule has 0 unspecified atom stereocenters. The standard InChI is InChI=1S/C12H13F3N4O/c1-2-8-4-3-5-17-10(8)11-18-9(20-19-11)6-16-7-12(13,14)15/h3-5,16H,2,6-7H2,1H3. The van der Waals surface area contributed by atoms with E-state index in [2.05, 4.69) is 20.4 Å². The number of aryl methyl sites for hydroxylation is 1. The molecule has 1 N–H and O–H groups in total. The van der Waals surface area contributed by atoms with Crippen LogP contribution in [0.2, 0.25) is 0 Å². The molecule has 0 aliphatic carbocycles. The second-order valence-electron chi connectivity index (χ2n) is 4.10. The van der Waals surface area contributed by atoms with Crippen LogP contribution in [0.25, 0.3) is 11.5 Å². The lowest BCUT2D eigenvalue weighted by Crippen LogP contribution is -2.28. The predicted molar refractivity (Wildman–Crippen MR) is 64.7 cm³/mol. The Morgan fingerprint density at radius 1 is 1.35 bits per heavy atom. The number of hydrogen-bond donors (Lipinski definition) is 1. The zero-order valence-electron chi connectivity index (χ0n) is 10.7. The van der Waals surface area contributed by atoms with Gasteiger partial charge >= 0.3 is 6.18 Å². The monoisotopic (exact) mass is 286 g/mol. The van der Waals surface area contributed by atoms with Crippen LogP contribution in [0, 0.1) is 0 Å². The van der Waals surface area contributed by atoms with Crippen molar-refractivity contribution in [2.75, 3.05) is 6.54 Å². The summed E-state index contributed by atoms with van der Waals surface area (Å²) < 4.78 is 40.9. The lowest BCUT2D eigenvalue weighted by molar-refractivity contribution is -0.125. The Morgan fingerprint density at radius 3 is 2.85 bits per heavy atom. The van der Waals surface area contributed by atoms with Gasteiger partial charge in [-0.05, 0) is 18.1 Å². The van der Waals surface area contributed by atoms with E-state index >= 15 is 0 Å². The van der Waals surface area contributed by atoms with Crippen molar-refractivity contribution < 1.29 is 17.7 Å². The van der Waals surface area contributed by atoms with Crippen LogP contribution in [0.1, 0.15) is 18.4 Å². The van der Waals surface area contributed by atoms with Gasteiger partial charge in [-0.15, -0.1) is 0 Å². The van der Waals surface area contributed by atoms with Crippen LogP contribution < -0.4 is 5.32 Å². The second-order valence-corrected chi connectivity index (χ2v) is 4.10. The smallest absolute Gasteiger partial charge is 0.337 e. The fourth-order valence-electron chi connectivity index (χ4n) is 1.66. The first-order valence-corrected chi connectivity index (χ1v) is 6.04. The molecule has 2 rings (SSSR count). The average Bonchev–Trinajstić information content (AvgIpc) is 2.86. The third kappa shape index (κ3) is 3.77. The molecule has 0 amide bonds. The van der Waals surface area contributed by atoms with Crippen molar-refractivity contribution in [3.63, 3.8) is 0 Å². The van der Waals surface area contributed by atoms with Gasteiger partial charge in [0.2, 0.25) is 11.7 Å². The summed E-state index contributed by atoms with van der Waals surface area (Å²) >= 11 is 0. The fourth-order valence-corrected chi connectivity index (χ4v) is 1.66. The lowest BCUT2D eigenvalue weighted by atomic mass is 10.1. The second kappa shape index (κ2) is 6.00. The highest BCUT2D eigenvalue weighted by atomic mass is 19.4. The molecule has 0 saturated heterocycles. The van der Waals surface area contributed by atoms with Crippen molar-refractivity contribution >= 4 is 0 Å². The Balaban J connectivity index is 2.05. The van der Waals surface area contributed by atoms with Gasteiger partial charge in [-0.25, -0.2) is 0 Å². The molecule has 20 heavy (non-hydrogen) atoms. The summed E-state index contributed by atoms with van der Waals surface area (Å²) in [5.74, 6) is 0.378. The minimum atomic E-state index is -4.26. The van der Waals surface area contributed by atoms with E-state index in [4.69, 9.17) is 4.52 Å². The molecule has 0 fully saturated rings. The van der Waals surface area contributed by atoms with E-state index in [1.165, 1.54) is 0 Å². The third-order valence-electron chi connectivity index (χ3n) is 2.55. The van der Waals surface area contributed by atoms with Gasteiger partial charge in [-0.2, -0.15) is 18.2 Å². The maximum Gasteiger partial charge on any atom is 0.401 e. The predicted octanol–water partition coefficient (Wildman–Crippen LogP) is 2.35. The normalized spacial score (nSPS) is 11.8. The van der Waals surface area contributed by atoms with Gasteiger partial charge in [0.25, 0.3) is 0 Å². The molecule has 0 aromatic carbocycles. The number of nitrogens with one attached hydrogen (secondary N) is 1. The van der Waals surface area contributed by atoms with Gasteiger partial charge < -0.3 is 9.84 Å². The minimum absolute atomic E-state index is 0.0944. The molecular weight excluding hydrogens is 273 g/mol. The summed E-state index contributed by atoms with van der Waals surface area (Å²) in [6.07, 6.45) is -1.91. The van der Waals surface area contributed by atoms with Crippen molar-refractivity contribution in [2.24, 2.45) is 0 Å². The van der Waals surface area contributed by atoms with Crippen molar-refractivity contribution in [3.05, 3.63) is 29.8 Å². The molecule has 0 atom stereocenters. The van der Waals surface area contributed by atoms with Gasteiger partial charge in [0, 0.05) is 6.20 Å². The lowest BCUT2D eigenvalue weighted by Gasteiger charge is -2.05. The van der Waals surface area contributed by atoms with Crippen LogP contribution in [0.15, 0.2) is 22.9 Å². The van der Waals surface area contributed by atoms with Gasteiger partial charge in [0.05, 0.1) is 13.1 Å². The van der Waals surface area contributed by atoms with Crippen molar-refractivity contribution in [3.8, 4) is 11.5 Å². The van der Waals surface area contributed by atoms with Crippen LogP contribution in [-0.2, 0) is 13.0 Å². The highest BCUT2D eigenvalue weighted by Crippen LogP contribution is 2.18. The Hall–Kier alpha value is -1.96. The zero-order valence-corrected chi connectivity index (χ0v) is 10.7. The highest BCUT2D eigenvalue weighted by Gasteiger charge is 2.26. The summed E-state index contributed by atoms with van der Waals surface area (Å²) in [5.41, 5.74) is 1.53. The molecule has 0 aliphatic rings. The van der Waals surface area contributed by atoms with E-state index in [-0.39, 0.29) is 18.3 Å². The molecular formula is C12H13F3N4O. The maximum absolute atomic E-state index is 12.0. The Morgan fingerprint density at radius 2 is 2.15 bits per heavy atom. The summed E-state index contributed by atoms with van der Waals surface area (Å²) in [7, 11) is 0. The van der Waals surface area contributed by atoms with Gasteiger partial charge in [0.1, 0.15) is 5.69 Å². The van der Waals surface area contributed by atoms with Crippen LogP contribution >= 0.6 is 0 Å². The van der Waals surface area contributed by atoms with E-state index in [1.807, 2.05) is 13.0 Å². The van der Waals surface area contributed by atoms with E-state index in [0.717, 1.165) is 12.0 Å². The average molecular weight is 286 g/mol. The number of halogens is 3. The summed E-state index contributed by atoms with van der Waals surface area (Å²) in [5, 5.41) is 5.93. The zero-order chi connectivity index (χ0) is 14.6. The van der Waals surface area contributed by atoms with Crippen LogP contribution in [0.5, 0.6) is 0 Å². The van der Waals surface area contributed by atoms with E-state index in [1.54, 1.807) is 12.3 Å². The number of rotatable bonds is 5. The highest BCUT2D eigenvalue weighted by molar-refractivity contribution is 5.53. The molecule has 0 saturated carbocycles. The van der Waals surface area contributed by atoms with E-state index in [9.17, 15) is 13.2 Å². The molecule has 0 bridgehead atoms. The first-order valence-electron chi connectivity index (χ1n) is 6.04. The Labute approximate surface area is 113 Å². The van der Waals surface area contributed by atoms with Crippen molar-refractivity contribution in [1.82, 2.24) is 20.4 Å². The Bertz CT molecular complexity index is 568. The molecule has 2 heterocycles. The van der Waals surface area contributed by atoms with Gasteiger partial charge in [-0.1, -0.05) is 18.1 Å². The van der Waals surface area contributed by atoms with Crippen LogP contribution in [0.4, 0.5) is 13.2 Å². The molecule has 0 radical (unpaired) electrons. The molecule has 0 spiro atoms. The molecule has 108 valence electrons. The topological polar surface area (TPSA) is 63.8 Å². The summed E-state index contributed by atoms with van der Waals surface area (Å²) in [4.78, 5) is 8.21. The number of hydrogen-bond acceptors (Lipinski definition) is 5. The van der Waals surface area contributed by atoms with E-state index in [0.29, 0.717) is 5.69 Å². The fraction of sp³-hybridized carbons (Fsp3) is 0.417. The molecule has 2 aromatic heterocycles. The van der Waals surface area contributed by atoms with E-state index < -0.39 is 12.7 Å². The summed E-state index contributed by atoms with van der Waals surface area (Å²) in [6, 6.07) is 3.69. The Kier molecular flexibility index (Phi) is 4.33. The first kappa shape index (κ1) is 14.4. The van der Waals surface area contributed by atoms with Crippen LogP contribution in [0.3, 0.4) is 0 Å². The molecule has 2 aromatic rings. The molecule has 0 aliphatic heterocycles. The van der Waals surface area contributed by atoms with Gasteiger partial charge in [-0.3, -0.25) is 4.98 Å². The van der Waals surface area contributed by atoms with Gasteiger partial charge in [0.15, 0.2) is 0 Å². The van der Waals surface area contributed by atoms with Crippen molar-refractivity contribution in [2.45, 2.75) is 26.1 Å². The van der Waals surface area contributed by atoms with Crippen molar-refractivity contribution in [1.29, 1.82) is 0 Å². The first-order chi connectivity index (χ1) is 9.49. The number of aromatic nitrogens is 3. The minimum Gasteiger partial charge on any atom is -0.337 e. The molecule has 5 nitrogen and oxygen atoms in total. The quantitative estimate of drug-likeness (QED) is 0.914. The third-order valence-corrected chi connectivity index (χ3v) is 2.55. The van der Waals surface area contributed by atoms with Crippen LogP contribution in [-0.4, -0.2) is 27.8 Å².